The molecule has 7 aromatic rings. The van der Waals surface area contributed by atoms with Gasteiger partial charge in [-0.15, -0.1) is 12.4 Å². The lowest BCUT2D eigenvalue weighted by molar-refractivity contribution is -0.138. The predicted octanol–water partition coefficient (Wildman–Crippen LogP) is 10.5. The number of halogens is 6. The number of carbonyl (C=O) groups excluding carboxylic acids is 11. The van der Waals surface area contributed by atoms with Gasteiger partial charge in [0.2, 0.25) is 23.6 Å². The van der Waals surface area contributed by atoms with Crippen LogP contribution in [0.2, 0.25) is 0 Å². The van der Waals surface area contributed by atoms with Gasteiger partial charge in [-0.1, -0.05) is 30.3 Å². The minimum Gasteiger partial charge on any atom is -0.444 e. The average molecular weight is 1760 g/mol. The molecule has 0 unspecified atom stereocenters. The van der Waals surface area contributed by atoms with Crippen molar-refractivity contribution in [1.82, 2.24) is 59.7 Å². The summed E-state index contributed by atoms with van der Waals surface area (Å²) in [7, 11) is 0.917. The van der Waals surface area contributed by atoms with Gasteiger partial charge in [-0.05, 0) is 131 Å². The number of rotatable bonds is 16. The van der Waals surface area contributed by atoms with E-state index >= 15 is 0 Å². The van der Waals surface area contributed by atoms with Crippen LogP contribution in [0.4, 0.5) is 44.6 Å². The summed E-state index contributed by atoms with van der Waals surface area (Å²) in [4.78, 5) is 162. The van der Waals surface area contributed by atoms with Gasteiger partial charge in [0.1, 0.15) is 105 Å². The van der Waals surface area contributed by atoms with Gasteiger partial charge in [0.15, 0.2) is 28.9 Å². The third-order valence-electron chi connectivity index (χ3n) is 16.4. The first-order chi connectivity index (χ1) is 52.3. The summed E-state index contributed by atoms with van der Waals surface area (Å²) in [6.07, 6.45) is -3.21. The second kappa shape index (κ2) is 44.6. The number of carbonyl (C=O) groups is 11. The van der Waals surface area contributed by atoms with Crippen LogP contribution in [0.5, 0.6) is 0 Å². The number of likely N-dealkylation sites (tertiary alicyclic amines) is 3. The standard InChI is InChI=1S/C29H27FN6O4.C17H22FN3O4.C15H19BrFN3O3.C12H14FN3O2.ClH.S3.S2.H2S/c1-16(37)24-6-4-5-22(33-24)11-27(39)26-10-21(30)14-35(26)28(40)15-36-25-8-7-19(20-12-31-18(3)32-13-20)9-23(25)29(34-36)17(2)38;1-10(22)12-6-5-7-14(19-12)20-15(23)13-8-11(18)9-21(13)16(24)25-17(2,3)4;1-15(2,3)23-14(22)20-8-9(17)7-10(20)13(21)19-12-6-4-5-11(16)18-12;1-7(17)9-3-2-4-11(15-9)16-12(18)10-5-8(13)6-14-10;;1-3-2;1-2;/h4-9,12-13,21,26H,10-11,14-15H2,1-3H3;5-7,11,13H,8-9H2,1-4H3,(H,19,20,23);4-6,9-10H,7-8H2,1-3H3,(H,18,19,21);2-4,8,10,14H,5-6H2,1H3,(H,15,16,18);1H;;;1H2/t21-,26+;11-,13+;9-,10+;8-,10+;;;;/m1111..../s1. The Balaban J connectivity index is 0.000000323. The number of ketones is 5. The molecule has 0 aliphatic carbocycles. The van der Waals surface area contributed by atoms with Crippen molar-refractivity contribution in [1.29, 1.82) is 0 Å². The normalized spacial score (nSPS) is 18.5. The number of hydrogen-bond acceptors (Lipinski definition) is 25. The molecule has 4 saturated heterocycles. The van der Waals surface area contributed by atoms with Crippen molar-refractivity contribution in [3.05, 3.63) is 142 Å². The average Bonchev–Trinajstić information content (AvgIpc) is 1.64. The number of nitrogens with zero attached hydrogens (tertiary/aromatic N) is 11. The van der Waals surface area contributed by atoms with E-state index in [1.807, 2.05) is 6.07 Å². The third kappa shape index (κ3) is 29.4. The number of Topliss-reactive ketones (excluding diaryl/α,β-unsaturated/α-hetero) is 5. The maximum Gasteiger partial charge on any atom is 0.411 e. The van der Waals surface area contributed by atoms with Gasteiger partial charge >= 0.3 is 12.2 Å². The van der Waals surface area contributed by atoms with Crippen LogP contribution < -0.4 is 21.3 Å². The Bertz CT molecular complexity index is 4630. The number of aryl methyl sites for hydroxylation is 1. The van der Waals surface area contributed by atoms with E-state index in [0.717, 1.165) is 29.8 Å². The summed E-state index contributed by atoms with van der Waals surface area (Å²) in [6.45, 7) is 16.9. The first-order valence-corrected chi connectivity index (χ1v) is 39.1. The lowest BCUT2D eigenvalue weighted by Crippen LogP contribution is -2.45. The van der Waals surface area contributed by atoms with Crippen LogP contribution in [-0.4, -0.2) is 205 Å². The summed E-state index contributed by atoms with van der Waals surface area (Å²) >= 11 is 18.8. The van der Waals surface area contributed by atoms with E-state index in [4.69, 9.17) is 9.47 Å². The van der Waals surface area contributed by atoms with E-state index in [1.54, 1.807) is 134 Å². The van der Waals surface area contributed by atoms with Gasteiger partial charge in [-0.2, -0.15) is 18.6 Å². The molecule has 0 saturated carbocycles. The first-order valence-electron chi connectivity index (χ1n) is 34.3. The molecule has 113 heavy (non-hydrogen) atoms. The van der Waals surface area contributed by atoms with Crippen LogP contribution in [0.25, 0.3) is 22.0 Å². The molecule has 4 fully saturated rings. The Morgan fingerprint density at radius 1 is 0.566 bits per heavy atom. The van der Waals surface area contributed by atoms with E-state index < -0.39 is 90.0 Å². The molecule has 8 atom stereocenters. The number of alkyl halides is 4. The van der Waals surface area contributed by atoms with Crippen LogP contribution in [-0.2, 0) is 100 Å². The fourth-order valence-electron chi connectivity index (χ4n) is 11.5. The summed E-state index contributed by atoms with van der Waals surface area (Å²) in [5.74, 6) is -1.71. The fraction of sp³-hybridized carbons (Fsp3) is 0.425. The summed E-state index contributed by atoms with van der Waals surface area (Å²) < 4.78 is 67.4. The lowest BCUT2D eigenvalue weighted by Gasteiger charge is -2.27. The molecule has 4 N–H and O–H groups in total. The molecule has 1 aromatic carbocycles. The highest BCUT2D eigenvalue weighted by atomic mass is 79.9. The minimum absolute atomic E-state index is 0. The molecule has 0 spiro atoms. The molecule has 608 valence electrons. The zero-order valence-electron chi connectivity index (χ0n) is 63.1. The Labute approximate surface area is 693 Å². The summed E-state index contributed by atoms with van der Waals surface area (Å²) in [5, 5.41) is 15.4. The van der Waals surface area contributed by atoms with Gasteiger partial charge in [-0.25, -0.2) is 57.1 Å². The van der Waals surface area contributed by atoms with Crippen molar-refractivity contribution in [2.24, 2.45) is 0 Å². The smallest absolute Gasteiger partial charge is 0.411 e. The minimum atomic E-state index is -1.35. The first kappa shape index (κ1) is 96.4. The largest absolute Gasteiger partial charge is 0.444 e. The maximum atomic E-state index is 14.5. The molecule has 6 amide bonds. The number of pyridine rings is 4. The monoisotopic (exact) mass is 1760 g/mol. The number of fused-ring (bicyclic) bond motifs is 1. The van der Waals surface area contributed by atoms with Crippen molar-refractivity contribution in [2.45, 2.75) is 175 Å². The molecule has 40 heteroatoms. The van der Waals surface area contributed by atoms with Gasteiger partial charge in [0.05, 0.1) is 43.7 Å². The Morgan fingerprint density at radius 2 is 1.00 bits per heavy atom. The fourth-order valence-corrected chi connectivity index (χ4v) is 11.8. The topological polar surface area (TPSA) is 359 Å². The Hall–Kier alpha value is -8.96. The zero-order chi connectivity index (χ0) is 82.4. The van der Waals surface area contributed by atoms with Gasteiger partial charge < -0.3 is 35.6 Å². The van der Waals surface area contributed by atoms with Crippen molar-refractivity contribution < 1.29 is 79.8 Å². The Kier molecular flexibility index (Phi) is 38.1. The van der Waals surface area contributed by atoms with Crippen LogP contribution in [0.1, 0.15) is 148 Å². The zero-order valence-corrected chi connectivity index (χ0v) is 70.6. The maximum absolute atomic E-state index is 14.5. The van der Waals surface area contributed by atoms with Crippen molar-refractivity contribution >= 4 is 189 Å². The van der Waals surface area contributed by atoms with E-state index in [2.05, 4.69) is 117 Å². The molecule has 0 bridgehead atoms. The molecule has 28 nitrogen and oxygen atoms in total. The molecule has 6 aromatic heterocycles. The van der Waals surface area contributed by atoms with Crippen molar-refractivity contribution in [3.63, 3.8) is 0 Å². The quantitative estimate of drug-likeness (QED) is 0.0397. The summed E-state index contributed by atoms with van der Waals surface area (Å²) in [6, 6.07) is 21.3. The molecular formula is C73H85BrClF4N15O13S6. The molecular weight excluding hydrogens is 1680 g/mol. The number of amides is 6. The van der Waals surface area contributed by atoms with E-state index in [0.29, 0.717) is 38.7 Å². The van der Waals surface area contributed by atoms with Crippen LogP contribution in [0.15, 0.2) is 108 Å². The number of nitrogens with one attached hydrogen (secondary N) is 4. The second-order valence-electron chi connectivity index (χ2n) is 27.5. The predicted molar refractivity (Wildman–Crippen MR) is 438 cm³/mol. The van der Waals surface area contributed by atoms with Crippen molar-refractivity contribution in [3.8, 4) is 11.1 Å². The molecule has 4 aliphatic rings. The number of ether oxygens (including phenoxy) is 2. The highest BCUT2D eigenvalue weighted by Gasteiger charge is 2.44. The van der Waals surface area contributed by atoms with E-state index in [1.165, 1.54) is 49.4 Å². The second-order valence-corrected chi connectivity index (χ2v) is 30.1. The highest BCUT2D eigenvalue weighted by Crippen LogP contribution is 2.31. The lowest BCUT2D eigenvalue weighted by atomic mass is 10.0. The SMILES string of the molecule is CC(=O)c1cccc(CC(=O)[C@@H]2C[C@@H](F)CN2C(=O)Cn2nc(C(C)=O)c3cc(-c4cnc(C)nc4)ccc32)n1.CC(=O)c1cccc(NC(=O)[C@@H]2C[C@@H](F)CN2)n1.CC(=O)c1cccc(NC(=O)[C@@H]2C[C@@H](F)CN2C(=O)OC(C)(C)C)n1.CC(C)(C)OC(=O)N1C[C@H](F)C[C@H]1C(=O)Nc1cccc(Br)n1.Cl.S.S=S.S=S=S. The van der Waals surface area contributed by atoms with Gasteiger partial charge in [0.25, 0.3) is 0 Å². The van der Waals surface area contributed by atoms with E-state index in [-0.39, 0.29) is 154 Å². The highest BCUT2D eigenvalue weighted by molar-refractivity contribution is 9.10. The molecule has 11 rings (SSSR count). The van der Waals surface area contributed by atoms with E-state index in [9.17, 15) is 70.3 Å². The van der Waals surface area contributed by atoms with Crippen LogP contribution >= 0.6 is 41.8 Å². The van der Waals surface area contributed by atoms with Crippen molar-refractivity contribution in [2.75, 3.05) is 42.1 Å². The van der Waals surface area contributed by atoms with Gasteiger partial charge in [0, 0.05) is 143 Å². The number of benzene rings is 1. The number of hydrogen-bond donors (Lipinski definition) is 4. The molecule has 10 heterocycles. The summed E-state index contributed by atoms with van der Waals surface area (Å²) in [5.41, 5.74) is 1.96. The number of anilines is 3. The molecule has 4 aliphatic heterocycles. The Morgan fingerprint density at radius 3 is 1.44 bits per heavy atom. The third-order valence-corrected chi connectivity index (χ3v) is 16.8. The number of aromatic nitrogens is 8. The molecule has 0 radical (unpaired) electrons. The van der Waals surface area contributed by atoms with Crippen LogP contribution in [0, 0.1) is 6.92 Å². The van der Waals surface area contributed by atoms with Gasteiger partial charge in [-0.3, -0.25) is 57.6 Å². The van der Waals surface area contributed by atoms with Crippen LogP contribution in [0.3, 0.4) is 0 Å².